The van der Waals surface area contributed by atoms with E-state index in [4.69, 9.17) is 4.52 Å². The summed E-state index contributed by atoms with van der Waals surface area (Å²) in [7, 11) is -3.68. The Morgan fingerprint density at radius 1 is 0.327 bits per heavy atom. The van der Waals surface area contributed by atoms with E-state index in [1.165, 1.54) is 231 Å². The fourth-order valence-electron chi connectivity index (χ4n) is 7.76. The van der Waals surface area contributed by atoms with Gasteiger partial charge in [0.05, 0.1) is 6.61 Å². The monoisotopic (exact) mass is 756 g/mol. The molecule has 0 aliphatic carbocycles. The van der Waals surface area contributed by atoms with Crippen LogP contribution < -0.4 is 0 Å². The van der Waals surface area contributed by atoms with Gasteiger partial charge in [0.1, 0.15) is 0 Å². The van der Waals surface area contributed by atoms with Crippen LogP contribution in [0.5, 0.6) is 0 Å². The van der Waals surface area contributed by atoms with Crippen molar-refractivity contribution in [3.63, 3.8) is 0 Å². The lowest BCUT2D eigenvalue weighted by atomic mass is 10.0. The Bertz CT molecular complexity index is 660. The van der Waals surface area contributed by atoms with Crippen molar-refractivity contribution in [2.45, 2.75) is 284 Å². The maximum absolute atomic E-state index is 13.0. The van der Waals surface area contributed by atoms with Gasteiger partial charge in [-0.3, -0.25) is 4.52 Å². The first-order valence-corrected chi connectivity index (χ1v) is 25.8. The Kier molecular flexibility index (Phi) is 43.9. The zero-order valence-electron chi connectivity index (χ0n) is 36.3. The molecule has 0 aromatic carbocycles. The Labute approximate surface area is 329 Å². The van der Waals surface area contributed by atoms with E-state index < -0.39 is 7.75 Å². The number of hydrogen-bond donors (Lipinski definition) is 1. The highest BCUT2D eigenvalue weighted by Crippen LogP contribution is 2.46. The van der Waals surface area contributed by atoms with E-state index in [0.717, 1.165) is 32.1 Å². The minimum absolute atomic E-state index is 0.364. The summed E-state index contributed by atoms with van der Waals surface area (Å²) in [4.78, 5) is 10.7. The van der Waals surface area contributed by atoms with Crippen molar-refractivity contribution in [2.75, 3.05) is 19.7 Å². The molecule has 0 fully saturated rings. The maximum atomic E-state index is 13.0. The lowest BCUT2D eigenvalue weighted by Crippen LogP contribution is -2.24. The normalized spacial score (nSPS) is 13.0. The number of nitrogens with zero attached hydrogens (tertiary/aromatic N) is 1. The van der Waals surface area contributed by atoms with E-state index in [1.807, 2.05) is 6.92 Å². The Morgan fingerprint density at radius 2 is 0.519 bits per heavy atom. The van der Waals surface area contributed by atoms with Gasteiger partial charge in [-0.05, 0) is 19.3 Å². The standard InChI is InChI=1S/C47H98NO3P/c1-4-7-9-11-13-15-17-19-21-23-25-27-29-31-33-35-37-39-41-43-45-48(52(49,50)51-47-6-3)46-44-42-40-38-36-34-32-30-28-26-24-22-20-18-16-14-12-10-8-5-2/h4-47H2,1-3H3,(H,49,50). The minimum Gasteiger partial charge on any atom is -0.312 e. The molecule has 1 N–H and O–H groups in total. The molecular weight excluding hydrogens is 657 g/mol. The molecule has 0 aliphatic rings. The Hall–Kier alpha value is 0.110. The molecule has 4 nitrogen and oxygen atoms in total. The van der Waals surface area contributed by atoms with Crippen molar-refractivity contribution in [2.24, 2.45) is 0 Å². The van der Waals surface area contributed by atoms with Gasteiger partial charge in [0.2, 0.25) is 0 Å². The summed E-state index contributed by atoms with van der Waals surface area (Å²) in [6.45, 7) is 8.34. The smallest absolute Gasteiger partial charge is 0.312 e. The molecule has 0 aromatic heterocycles. The molecule has 0 amide bonds. The third-order valence-electron chi connectivity index (χ3n) is 11.4. The molecule has 0 aliphatic heterocycles. The van der Waals surface area contributed by atoms with Gasteiger partial charge in [-0.15, -0.1) is 0 Å². The molecule has 0 bridgehead atoms. The van der Waals surface area contributed by atoms with Gasteiger partial charge in [-0.2, -0.15) is 0 Å². The summed E-state index contributed by atoms with van der Waals surface area (Å²) < 4.78 is 20.2. The molecule has 0 radical (unpaired) electrons. The molecule has 5 heteroatoms. The van der Waals surface area contributed by atoms with Gasteiger partial charge >= 0.3 is 7.75 Å². The number of hydrogen-bond acceptors (Lipinski definition) is 2. The SMILES string of the molecule is CCCCCCCCCCCCCCCCCCCCCCN(CCCCCCCCCCCCCCCCCCCCCC)P(=O)(O)OCCC. The van der Waals surface area contributed by atoms with E-state index in [1.54, 1.807) is 4.67 Å². The summed E-state index contributed by atoms with van der Waals surface area (Å²) in [5, 5.41) is 0. The molecule has 52 heavy (non-hydrogen) atoms. The van der Waals surface area contributed by atoms with Crippen molar-refractivity contribution >= 4 is 7.75 Å². The molecule has 0 saturated heterocycles. The van der Waals surface area contributed by atoms with E-state index in [0.29, 0.717) is 19.7 Å². The van der Waals surface area contributed by atoms with Crippen molar-refractivity contribution in [3.8, 4) is 0 Å². The van der Waals surface area contributed by atoms with Crippen LogP contribution in [0.1, 0.15) is 284 Å². The molecule has 0 heterocycles. The lowest BCUT2D eigenvalue weighted by Gasteiger charge is -2.26. The summed E-state index contributed by atoms with van der Waals surface area (Å²) in [6, 6.07) is 0. The second-order valence-corrected chi connectivity index (χ2v) is 18.5. The minimum atomic E-state index is -3.68. The summed E-state index contributed by atoms with van der Waals surface area (Å²) in [5.74, 6) is 0. The van der Waals surface area contributed by atoms with Crippen molar-refractivity contribution in [1.29, 1.82) is 0 Å². The van der Waals surface area contributed by atoms with Gasteiger partial charge in [0, 0.05) is 13.1 Å². The second-order valence-electron chi connectivity index (χ2n) is 16.7. The first-order chi connectivity index (χ1) is 25.6. The van der Waals surface area contributed by atoms with Crippen LogP contribution >= 0.6 is 7.75 Å². The molecule has 0 aromatic rings. The zero-order chi connectivity index (χ0) is 37.9. The van der Waals surface area contributed by atoms with Gasteiger partial charge in [0.25, 0.3) is 0 Å². The summed E-state index contributed by atoms with van der Waals surface area (Å²) in [5.41, 5.74) is 0. The van der Waals surface area contributed by atoms with Crippen LogP contribution in [0.15, 0.2) is 0 Å². The topological polar surface area (TPSA) is 49.8 Å². The van der Waals surface area contributed by atoms with Gasteiger partial charge in [0.15, 0.2) is 0 Å². The molecular formula is C47H98NO3P. The predicted molar refractivity (Wildman–Crippen MR) is 234 cm³/mol. The first kappa shape index (κ1) is 52.1. The highest BCUT2D eigenvalue weighted by molar-refractivity contribution is 7.50. The van der Waals surface area contributed by atoms with Crippen LogP contribution in [0.3, 0.4) is 0 Å². The highest BCUT2D eigenvalue weighted by atomic mass is 31.2. The molecule has 1 unspecified atom stereocenters. The fourth-order valence-corrected chi connectivity index (χ4v) is 9.13. The van der Waals surface area contributed by atoms with E-state index >= 15 is 0 Å². The van der Waals surface area contributed by atoms with Crippen LogP contribution in [-0.4, -0.2) is 29.3 Å². The van der Waals surface area contributed by atoms with Crippen LogP contribution in [0, 0.1) is 0 Å². The second kappa shape index (κ2) is 43.8. The van der Waals surface area contributed by atoms with Gasteiger partial charge in [-0.25, -0.2) is 9.24 Å². The highest BCUT2D eigenvalue weighted by Gasteiger charge is 2.28. The summed E-state index contributed by atoms with van der Waals surface area (Å²) >= 11 is 0. The number of rotatable bonds is 46. The molecule has 0 rings (SSSR count). The molecule has 0 spiro atoms. The van der Waals surface area contributed by atoms with Crippen LogP contribution in [-0.2, 0) is 9.09 Å². The predicted octanol–water partition coefficient (Wildman–Crippen LogP) is 17.5. The first-order valence-electron chi connectivity index (χ1n) is 24.3. The van der Waals surface area contributed by atoms with Crippen molar-refractivity contribution < 1.29 is 14.0 Å². The van der Waals surface area contributed by atoms with Crippen molar-refractivity contribution in [1.82, 2.24) is 4.67 Å². The van der Waals surface area contributed by atoms with E-state index in [2.05, 4.69) is 13.8 Å². The fraction of sp³-hybridized carbons (Fsp3) is 1.00. The van der Waals surface area contributed by atoms with Crippen LogP contribution in [0.2, 0.25) is 0 Å². The maximum Gasteiger partial charge on any atom is 0.405 e. The summed E-state index contributed by atoms with van der Waals surface area (Å²) in [6.07, 6.45) is 55.7. The lowest BCUT2D eigenvalue weighted by molar-refractivity contribution is 0.197. The molecule has 0 saturated carbocycles. The average molecular weight is 756 g/mol. The van der Waals surface area contributed by atoms with E-state index in [-0.39, 0.29) is 0 Å². The average Bonchev–Trinajstić information content (AvgIpc) is 3.14. The largest absolute Gasteiger partial charge is 0.405 e. The van der Waals surface area contributed by atoms with Crippen LogP contribution in [0.4, 0.5) is 0 Å². The van der Waals surface area contributed by atoms with Gasteiger partial charge in [-0.1, -0.05) is 265 Å². The zero-order valence-corrected chi connectivity index (χ0v) is 37.2. The molecule has 1 atom stereocenters. The van der Waals surface area contributed by atoms with Crippen LogP contribution in [0.25, 0.3) is 0 Å². The Balaban J connectivity index is 3.70. The quantitative estimate of drug-likeness (QED) is 0.0496. The third-order valence-corrected chi connectivity index (χ3v) is 13.0. The third kappa shape index (κ3) is 39.8. The molecule has 314 valence electrons. The number of unbranched alkanes of at least 4 members (excludes halogenated alkanes) is 38. The Morgan fingerprint density at radius 3 is 0.712 bits per heavy atom. The van der Waals surface area contributed by atoms with Gasteiger partial charge < -0.3 is 4.89 Å². The van der Waals surface area contributed by atoms with Crippen molar-refractivity contribution in [3.05, 3.63) is 0 Å². The van der Waals surface area contributed by atoms with E-state index in [9.17, 15) is 9.46 Å².